The highest BCUT2D eigenvalue weighted by molar-refractivity contribution is 5.93. The third kappa shape index (κ3) is 4.45. The first kappa shape index (κ1) is 18.0. The van der Waals surface area contributed by atoms with Gasteiger partial charge in [0, 0.05) is 24.7 Å². The molecule has 2 rings (SSSR count). The highest BCUT2D eigenvalue weighted by Gasteiger charge is 2.28. The Morgan fingerprint density at radius 1 is 1.24 bits per heavy atom. The molecule has 2 atom stereocenters. The van der Waals surface area contributed by atoms with E-state index in [0.29, 0.717) is 18.9 Å². The van der Waals surface area contributed by atoms with Crippen LogP contribution in [0.5, 0.6) is 0 Å². The molecular formula is C17H27ClN2O. The molecular weight excluding hydrogens is 284 g/mol. The summed E-state index contributed by atoms with van der Waals surface area (Å²) in [4.78, 5) is 14.5. The second-order valence-corrected chi connectivity index (χ2v) is 6.04. The number of amides is 1. The van der Waals surface area contributed by atoms with E-state index in [9.17, 15) is 4.79 Å². The molecule has 0 spiro atoms. The molecule has 3 nitrogen and oxygen atoms in total. The van der Waals surface area contributed by atoms with Crippen LogP contribution in [0.1, 0.15) is 43.7 Å². The van der Waals surface area contributed by atoms with E-state index < -0.39 is 0 Å². The first-order valence-corrected chi connectivity index (χ1v) is 7.65. The molecule has 1 saturated carbocycles. The van der Waals surface area contributed by atoms with E-state index in [4.69, 9.17) is 5.73 Å². The van der Waals surface area contributed by atoms with Crippen molar-refractivity contribution in [2.24, 2.45) is 11.7 Å². The molecule has 1 aliphatic carbocycles. The fraction of sp³-hybridized carbons (Fsp3) is 0.588. The molecule has 2 N–H and O–H groups in total. The number of rotatable bonds is 4. The fourth-order valence-corrected chi connectivity index (χ4v) is 3.26. The third-order valence-corrected chi connectivity index (χ3v) is 4.29. The molecule has 0 unspecified atom stereocenters. The Morgan fingerprint density at radius 2 is 1.86 bits per heavy atom. The first-order valence-electron chi connectivity index (χ1n) is 7.65. The fourth-order valence-electron chi connectivity index (χ4n) is 3.26. The van der Waals surface area contributed by atoms with Crippen LogP contribution in [-0.2, 0) is 4.79 Å². The zero-order valence-electron chi connectivity index (χ0n) is 13.3. The second-order valence-electron chi connectivity index (χ2n) is 6.04. The Bertz CT molecular complexity index is 469. The number of hydrogen-bond acceptors (Lipinski definition) is 2. The van der Waals surface area contributed by atoms with Crippen molar-refractivity contribution in [2.45, 2.75) is 52.5 Å². The zero-order valence-corrected chi connectivity index (χ0v) is 14.1. The second kappa shape index (κ2) is 7.81. The first-order chi connectivity index (χ1) is 9.51. The monoisotopic (exact) mass is 310 g/mol. The number of benzene rings is 1. The molecule has 0 heterocycles. The van der Waals surface area contributed by atoms with Crippen LogP contribution in [0.2, 0.25) is 0 Å². The van der Waals surface area contributed by atoms with Crippen LogP contribution in [-0.4, -0.2) is 18.5 Å². The summed E-state index contributed by atoms with van der Waals surface area (Å²) in [5.74, 6) is 0.572. The van der Waals surface area contributed by atoms with E-state index in [0.717, 1.165) is 24.9 Å². The van der Waals surface area contributed by atoms with E-state index in [2.05, 4.69) is 32.0 Å². The van der Waals surface area contributed by atoms with Crippen LogP contribution in [0, 0.1) is 19.8 Å². The molecule has 1 amide bonds. The van der Waals surface area contributed by atoms with E-state index in [1.807, 2.05) is 11.8 Å². The summed E-state index contributed by atoms with van der Waals surface area (Å²) in [5, 5.41) is 0. The van der Waals surface area contributed by atoms with Gasteiger partial charge in [-0.3, -0.25) is 4.79 Å². The maximum atomic E-state index is 12.6. The highest BCUT2D eigenvalue weighted by atomic mass is 35.5. The number of carbonyl (C=O) groups excluding carboxylic acids is 1. The number of nitrogens with zero attached hydrogens (tertiary/aromatic N) is 1. The van der Waals surface area contributed by atoms with Crippen LogP contribution in [0.25, 0.3) is 0 Å². The summed E-state index contributed by atoms with van der Waals surface area (Å²) in [6.07, 6.45) is 3.90. The van der Waals surface area contributed by atoms with Gasteiger partial charge in [-0.25, -0.2) is 0 Å². The normalized spacial score (nSPS) is 21.0. The Morgan fingerprint density at radius 3 is 2.33 bits per heavy atom. The molecule has 0 aromatic heterocycles. The van der Waals surface area contributed by atoms with Gasteiger partial charge >= 0.3 is 0 Å². The van der Waals surface area contributed by atoms with Gasteiger partial charge < -0.3 is 10.6 Å². The van der Waals surface area contributed by atoms with Crippen molar-refractivity contribution in [3.8, 4) is 0 Å². The summed E-state index contributed by atoms with van der Waals surface area (Å²) in [5.41, 5.74) is 9.50. The lowest BCUT2D eigenvalue weighted by Gasteiger charge is -2.24. The van der Waals surface area contributed by atoms with Crippen LogP contribution < -0.4 is 10.6 Å². The SMILES string of the molecule is CCN(C(=O)C[C@@H]1CCC[C@H]1N)c1cc(C)cc(C)c1.Cl. The van der Waals surface area contributed by atoms with Crippen LogP contribution in [0.15, 0.2) is 18.2 Å². The van der Waals surface area contributed by atoms with E-state index in [-0.39, 0.29) is 24.4 Å². The summed E-state index contributed by atoms with van der Waals surface area (Å²) in [6.45, 7) is 6.89. The van der Waals surface area contributed by atoms with Crippen molar-refractivity contribution in [3.05, 3.63) is 29.3 Å². The zero-order chi connectivity index (χ0) is 14.7. The van der Waals surface area contributed by atoms with Gasteiger partial charge in [0.15, 0.2) is 0 Å². The molecule has 118 valence electrons. The van der Waals surface area contributed by atoms with Gasteiger partial charge in [-0.1, -0.05) is 12.5 Å². The maximum absolute atomic E-state index is 12.6. The predicted molar refractivity (Wildman–Crippen MR) is 91.1 cm³/mol. The minimum Gasteiger partial charge on any atom is -0.327 e. The molecule has 1 aromatic carbocycles. The molecule has 0 bridgehead atoms. The van der Waals surface area contributed by atoms with Crippen molar-refractivity contribution >= 4 is 24.0 Å². The van der Waals surface area contributed by atoms with Gasteiger partial charge in [0.25, 0.3) is 0 Å². The Labute approximate surface area is 134 Å². The lowest BCUT2D eigenvalue weighted by molar-refractivity contribution is -0.119. The highest BCUT2D eigenvalue weighted by Crippen LogP contribution is 2.28. The maximum Gasteiger partial charge on any atom is 0.227 e. The number of hydrogen-bond donors (Lipinski definition) is 1. The lowest BCUT2D eigenvalue weighted by atomic mass is 9.99. The summed E-state index contributed by atoms with van der Waals surface area (Å²) in [6, 6.07) is 6.51. The molecule has 1 aromatic rings. The molecule has 0 radical (unpaired) electrons. The van der Waals surface area contributed by atoms with Gasteiger partial charge in [-0.05, 0) is 62.8 Å². The van der Waals surface area contributed by atoms with Gasteiger partial charge in [-0.2, -0.15) is 0 Å². The van der Waals surface area contributed by atoms with E-state index >= 15 is 0 Å². The number of halogens is 1. The van der Waals surface area contributed by atoms with Gasteiger partial charge in [0.1, 0.15) is 0 Å². The van der Waals surface area contributed by atoms with Crippen molar-refractivity contribution in [1.29, 1.82) is 0 Å². The molecule has 4 heteroatoms. The molecule has 1 fully saturated rings. The van der Waals surface area contributed by atoms with Crippen molar-refractivity contribution < 1.29 is 4.79 Å². The molecule has 0 aliphatic heterocycles. The van der Waals surface area contributed by atoms with Crippen molar-refractivity contribution in [2.75, 3.05) is 11.4 Å². The molecule has 1 aliphatic rings. The standard InChI is InChI=1S/C17H26N2O.ClH/c1-4-19(15-9-12(2)8-13(3)10-15)17(20)11-14-6-5-7-16(14)18;/h8-10,14,16H,4-7,11,18H2,1-3H3;1H/t14-,16+;/m0./s1. The summed E-state index contributed by atoms with van der Waals surface area (Å²) < 4.78 is 0. The van der Waals surface area contributed by atoms with Crippen LogP contribution in [0.4, 0.5) is 5.69 Å². The lowest BCUT2D eigenvalue weighted by Crippen LogP contribution is -2.35. The van der Waals surface area contributed by atoms with Crippen LogP contribution >= 0.6 is 12.4 Å². The Hall–Kier alpha value is -1.06. The number of aryl methyl sites for hydroxylation is 2. The quantitative estimate of drug-likeness (QED) is 0.923. The molecule has 0 saturated heterocycles. The summed E-state index contributed by atoms with van der Waals surface area (Å²) in [7, 11) is 0. The largest absolute Gasteiger partial charge is 0.327 e. The van der Waals surface area contributed by atoms with Gasteiger partial charge in [0.05, 0.1) is 0 Å². The topological polar surface area (TPSA) is 46.3 Å². The minimum absolute atomic E-state index is 0. The third-order valence-electron chi connectivity index (χ3n) is 4.29. The Kier molecular flexibility index (Phi) is 6.69. The minimum atomic E-state index is 0. The Balaban J connectivity index is 0.00000220. The summed E-state index contributed by atoms with van der Waals surface area (Å²) >= 11 is 0. The smallest absolute Gasteiger partial charge is 0.227 e. The van der Waals surface area contributed by atoms with Gasteiger partial charge in [0.2, 0.25) is 5.91 Å². The van der Waals surface area contributed by atoms with E-state index in [1.165, 1.54) is 11.1 Å². The van der Waals surface area contributed by atoms with Gasteiger partial charge in [-0.15, -0.1) is 12.4 Å². The van der Waals surface area contributed by atoms with Crippen molar-refractivity contribution in [3.63, 3.8) is 0 Å². The number of nitrogens with two attached hydrogens (primary N) is 1. The predicted octanol–water partition coefficient (Wildman–Crippen LogP) is 3.60. The van der Waals surface area contributed by atoms with E-state index in [1.54, 1.807) is 0 Å². The number of carbonyl (C=O) groups is 1. The molecule has 21 heavy (non-hydrogen) atoms. The number of anilines is 1. The van der Waals surface area contributed by atoms with Crippen LogP contribution in [0.3, 0.4) is 0 Å². The average Bonchev–Trinajstić information content (AvgIpc) is 2.74. The average molecular weight is 311 g/mol. The van der Waals surface area contributed by atoms with Crippen molar-refractivity contribution in [1.82, 2.24) is 0 Å².